The van der Waals surface area contributed by atoms with E-state index >= 15 is 0 Å². The van der Waals surface area contributed by atoms with Crippen molar-refractivity contribution in [3.63, 3.8) is 0 Å². The van der Waals surface area contributed by atoms with E-state index in [4.69, 9.17) is 26.1 Å². The van der Waals surface area contributed by atoms with Crippen LogP contribution in [0, 0.1) is 6.92 Å². The molecule has 6 rings (SSSR count). The van der Waals surface area contributed by atoms with Crippen molar-refractivity contribution in [2.45, 2.75) is 20.0 Å². The Kier molecular flexibility index (Phi) is 5.85. The van der Waals surface area contributed by atoms with Gasteiger partial charge in [0.15, 0.2) is 11.5 Å². The van der Waals surface area contributed by atoms with Gasteiger partial charge in [-0.3, -0.25) is 0 Å². The minimum Gasteiger partial charge on any atom is -0.496 e. The maximum atomic E-state index is 13.3. The lowest BCUT2D eigenvalue weighted by atomic mass is 10.1. The number of fused-ring (bicyclic) bond motifs is 5. The zero-order chi connectivity index (χ0) is 25.7. The summed E-state index contributed by atoms with van der Waals surface area (Å²) in [5, 5.41) is 5.88. The molecule has 11 heteroatoms. The Labute approximate surface area is 218 Å². The second-order valence-corrected chi connectivity index (χ2v) is 9.72. The fraction of sp³-hybridized carbons (Fsp3) is 0.154. The largest absolute Gasteiger partial charge is 0.496 e. The third-order valence-corrected chi connectivity index (χ3v) is 7.35. The molecule has 37 heavy (non-hydrogen) atoms. The molecule has 0 aliphatic carbocycles. The lowest BCUT2D eigenvalue weighted by Crippen LogP contribution is -2.00. The molecule has 186 valence electrons. The Morgan fingerprint density at radius 2 is 1.92 bits per heavy atom. The zero-order valence-electron chi connectivity index (χ0n) is 19.6. The van der Waals surface area contributed by atoms with E-state index in [2.05, 4.69) is 15.1 Å². The Hall–Kier alpha value is -3.89. The number of benzene rings is 2. The third-order valence-electron chi connectivity index (χ3n) is 5.97. The fourth-order valence-electron chi connectivity index (χ4n) is 4.22. The highest BCUT2D eigenvalue weighted by Crippen LogP contribution is 2.37. The van der Waals surface area contributed by atoms with Crippen molar-refractivity contribution in [3.05, 3.63) is 76.7 Å². The van der Waals surface area contributed by atoms with Crippen LogP contribution in [0.25, 0.3) is 37.5 Å². The van der Waals surface area contributed by atoms with Crippen LogP contribution in [-0.2, 0) is 6.61 Å². The molecule has 0 radical (unpaired) electrons. The number of pyridine rings is 1. The summed E-state index contributed by atoms with van der Waals surface area (Å²) < 4.78 is 40.4. The van der Waals surface area contributed by atoms with Crippen LogP contribution in [0.5, 0.6) is 11.5 Å². The van der Waals surface area contributed by atoms with Crippen LogP contribution in [0.3, 0.4) is 0 Å². The number of thiophene rings is 1. The molecule has 0 amide bonds. The number of aromatic nitrogens is 5. The molecule has 0 saturated carbocycles. The van der Waals surface area contributed by atoms with Crippen LogP contribution in [0.15, 0.2) is 54.9 Å². The number of methoxy groups -OCH3 is 1. The lowest BCUT2D eigenvalue weighted by Gasteiger charge is -2.12. The standard InChI is InChI=1S/C26H18ClF2N5O2S/c1-13-9-17(23(28)29)31-26-20(13)21-22(37-26)25-32-24(33-34(25)12-30-21)14-7-8-18(35-2)15(10-14)11-36-19-6-4-3-5-16(19)27/h3-10,12,23H,11H2,1-2H3. The quantitative estimate of drug-likeness (QED) is 0.227. The molecule has 2 aromatic carbocycles. The van der Waals surface area contributed by atoms with Crippen molar-refractivity contribution in [2.75, 3.05) is 7.11 Å². The van der Waals surface area contributed by atoms with Crippen LogP contribution < -0.4 is 9.47 Å². The number of alkyl halides is 2. The van der Waals surface area contributed by atoms with Crippen molar-refractivity contribution in [3.8, 4) is 22.9 Å². The summed E-state index contributed by atoms with van der Waals surface area (Å²) in [7, 11) is 1.59. The first-order valence-corrected chi connectivity index (χ1v) is 12.4. The Bertz CT molecular complexity index is 1800. The molecular weight excluding hydrogens is 520 g/mol. The molecule has 4 aromatic heterocycles. The first-order valence-electron chi connectivity index (χ1n) is 11.2. The number of ether oxygens (including phenoxy) is 2. The Morgan fingerprint density at radius 1 is 1.08 bits per heavy atom. The minimum absolute atomic E-state index is 0.230. The molecular formula is C26H18ClF2N5O2S. The number of nitrogens with zero attached hydrogens (tertiary/aromatic N) is 5. The average Bonchev–Trinajstić information content (AvgIpc) is 3.50. The molecule has 0 unspecified atom stereocenters. The van der Waals surface area contributed by atoms with E-state index in [1.807, 2.05) is 30.3 Å². The van der Waals surface area contributed by atoms with Crippen molar-refractivity contribution in [1.29, 1.82) is 0 Å². The van der Waals surface area contributed by atoms with Gasteiger partial charge in [-0.1, -0.05) is 23.7 Å². The summed E-state index contributed by atoms with van der Waals surface area (Å²) in [4.78, 5) is 14.0. The van der Waals surface area contributed by atoms with E-state index in [1.165, 1.54) is 17.4 Å². The lowest BCUT2D eigenvalue weighted by molar-refractivity contribution is 0.146. The van der Waals surface area contributed by atoms with Crippen LogP contribution in [0.1, 0.15) is 23.2 Å². The highest BCUT2D eigenvalue weighted by molar-refractivity contribution is 7.26. The topological polar surface area (TPSA) is 74.4 Å². The number of rotatable bonds is 6. The average molecular weight is 538 g/mol. The number of para-hydroxylation sites is 1. The molecule has 0 N–H and O–H groups in total. The summed E-state index contributed by atoms with van der Waals surface area (Å²) in [6.07, 6.45) is -1.07. The van der Waals surface area contributed by atoms with Crippen LogP contribution in [0.2, 0.25) is 5.02 Å². The zero-order valence-corrected chi connectivity index (χ0v) is 21.1. The van der Waals surface area contributed by atoms with E-state index in [9.17, 15) is 8.78 Å². The second kappa shape index (κ2) is 9.20. The number of aryl methyl sites for hydroxylation is 1. The van der Waals surface area contributed by atoms with Gasteiger partial charge in [0.1, 0.15) is 39.7 Å². The molecule has 0 atom stereocenters. The minimum atomic E-state index is -2.65. The van der Waals surface area contributed by atoms with E-state index in [0.717, 1.165) is 21.2 Å². The Balaban J connectivity index is 1.42. The number of hydrogen-bond acceptors (Lipinski definition) is 7. The van der Waals surface area contributed by atoms with Gasteiger partial charge in [0, 0.05) is 16.5 Å². The first kappa shape index (κ1) is 23.5. The van der Waals surface area contributed by atoms with Crippen LogP contribution >= 0.6 is 22.9 Å². The van der Waals surface area contributed by atoms with Gasteiger partial charge in [0.05, 0.1) is 17.6 Å². The van der Waals surface area contributed by atoms with Gasteiger partial charge in [-0.05, 0) is 48.9 Å². The van der Waals surface area contributed by atoms with Crippen molar-refractivity contribution >= 4 is 49.0 Å². The van der Waals surface area contributed by atoms with Gasteiger partial charge in [-0.25, -0.2) is 28.2 Å². The summed E-state index contributed by atoms with van der Waals surface area (Å²) >= 11 is 7.50. The van der Waals surface area contributed by atoms with E-state index in [0.29, 0.717) is 43.9 Å². The summed E-state index contributed by atoms with van der Waals surface area (Å²) in [5.41, 5.74) is 3.24. The summed E-state index contributed by atoms with van der Waals surface area (Å²) in [6.45, 7) is 2.01. The molecule has 0 saturated heterocycles. The molecule has 4 heterocycles. The van der Waals surface area contributed by atoms with Gasteiger partial charge in [0.25, 0.3) is 6.43 Å². The van der Waals surface area contributed by atoms with Crippen molar-refractivity contribution in [2.24, 2.45) is 0 Å². The monoisotopic (exact) mass is 537 g/mol. The predicted molar refractivity (Wildman–Crippen MR) is 139 cm³/mol. The van der Waals surface area contributed by atoms with Gasteiger partial charge in [-0.15, -0.1) is 16.4 Å². The maximum absolute atomic E-state index is 13.3. The molecule has 0 spiro atoms. The van der Waals surface area contributed by atoms with Crippen LogP contribution in [-0.4, -0.2) is 31.7 Å². The first-order chi connectivity index (χ1) is 17.9. The Morgan fingerprint density at radius 3 is 2.70 bits per heavy atom. The number of halogens is 3. The fourth-order valence-corrected chi connectivity index (χ4v) is 5.59. The highest BCUT2D eigenvalue weighted by Gasteiger charge is 2.20. The van der Waals surface area contributed by atoms with E-state index in [1.54, 1.807) is 37.0 Å². The van der Waals surface area contributed by atoms with Crippen molar-refractivity contribution < 1.29 is 18.3 Å². The molecule has 0 fully saturated rings. The SMILES string of the molecule is COc1ccc(-c2nc3c4sc5nc(C(F)F)cc(C)c5c4ncn3n2)cc1COc1ccccc1Cl. The van der Waals surface area contributed by atoms with Crippen molar-refractivity contribution in [1.82, 2.24) is 24.6 Å². The molecule has 0 aliphatic rings. The van der Waals surface area contributed by atoms with Gasteiger partial charge < -0.3 is 9.47 Å². The van der Waals surface area contributed by atoms with Gasteiger partial charge >= 0.3 is 0 Å². The summed E-state index contributed by atoms with van der Waals surface area (Å²) in [5.74, 6) is 1.70. The highest BCUT2D eigenvalue weighted by atomic mass is 35.5. The van der Waals surface area contributed by atoms with E-state index < -0.39 is 6.43 Å². The van der Waals surface area contributed by atoms with Gasteiger partial charge in [0.2, 0.25) is 0 Å². The molecule has 0 aliphatic heterocycles. The predicted octanol–water partition coefficient (Wildman–Crippen LogP) is 7.04. The third kappa shape index (κ3) is 4.11. The molecule has 7 nitrogen and oxygen atoms in total. The maximum Gasteiger partial charge on any atom is 0.280 e. The van der Waals surface area contributed by atoms with E-state index in [-0.39, 0.29) is 12.3 Å². The second-order valence-electron chi connectivity index (χ2n) is 8.32. The molecule has 0 bridgehead atoms. The molecule has 6 aromatic rings. The van der Waals surface area contributed by atoms with Crippen LogP contribution in [0.4, 0.5) is 8.78 Å². The smallest absolute Gasteiger partial charge is 0.280 e. The normalized spacial score (nSPS) is 11.7. The number of hydrogen-bond donors (Lipinski definition) is 0. The summed E-state index contributed by atoms with van der Waals surface area (Å²) in [6, 6.07) is 14.3. The van der Waals surface area contributed by atoms with Gasteiger partial charge in [-0.2, -0.15) is 0 Å².